The zero-order chi connectivity index (χ0) is 11.4. The van der Waals surface area contributed by atoms with Crippen LogP contribution < -0.4 is 0 Å². The molecule has 0 spiro atoms. The van der Waals surface area contributed by atoms with Gasteiger partial charge in [-0.3, -0.25) is 9.59 Å². The maximum Gasteiger partial charge on any atom is 0.290 e. The van der Waals surface area contributed by atoms with Gasteiger partial charge in [-0.25, -0.2) is 0 Å². The Morgan fingerprint density at radius 3 is 0.667 bits per heavy atom. The molecule has 0 aromatic rings. The fraction of sp³-hybridized carbons (Fsp3) is 0. The van der Waals surface area contributed by atoms with E-state index >= 15 is 0 Å². The predicted octanol–water partition coefficient (Wildman–Crippen LogP) is 1.81. The molecule has 0 heterocycles. The molecule has 0 aliphatic carbocycles. The highest BCUT2D eigenvalue weighted by Gasteiger charge is 1.22. The summed E-state index contributed by atoms with van der Waals surface area (Å²) in [6.07, 6.45) is 0. The second kappa shape index (κ2) is 23800. The lowest BCUT2D eigenvalue weighted by Crippen LogP contribution is -1.49. The molecule has 0 aliphatic rings. The highest BCUT2D eigenvalue weighted by molar-refractivity contribution is 5.32. The van der Waals surface area contributed by atoms with Crippen LogP contribution in [0.1, 0.15) is 0 Å². The Morgan fingerprint density at radius 2 is 0.667 bits per heavy atom. The minimum absolute atomic E-state index is 0.250. The molecule has 0 atom stereocenters. The Morgan fingerprint density at radius 1 is 0.667 bits per heavy atom. The van der Waals surface area contributed by atoms with Gasteiger partial charge in [0.05, 0.1) is 0 Å². The summed E-state index contributed by atoms with van der Waals surface area (Å²) < 4.78 is 0. The molecule has 0 aromatic carbocycles. The summed E-state index contributed by atoms with van der Waals surface area (Å²) in [5.41, 5.74) is 0. The van der Waals surface area contributed by atoms with Crippen molar-refractivity contribution < 1.29 is 19.8 Å². The van der Waals surface area contributed by atoms with Gasteiger partial charge < -0.3 is 10.2 Å². The molecular weight excluding hydrogens is 160 g/mol. The molecule has 0 radical (unpaired) electrons. The third kappa shape index (κ3) is 124. The van der Waals surface area contributed by atoms with Crippen molar-refractivity contribution in [2.24, 2.45) is 0 Å². The van der Waals surface area contributed by atoms with Crippen LogP contribution in [0.2, 0.25) is 0 Å². The van der Waals surface area contributed by atoms with Gasteiger partial charge in [0.25, 0.3) is 12.9 Å². The van der Waals surface area contributed by atoms with E-state index in [0.717, 1.165) is 0 Å². The standard InChI is InChI=1S/3C2H4.2CH2O2/c3*1-2;2*2-1-3/h3*1-2H2;2*1H,(H,2,3). The number of carbonyl (C=O) groups is 2. The maximum absolute atomic E-state index is 8.36. The zero-order valence-electron chi connectivity index (χ0n) is 7.11. The van der Waals surface area contributed by atoms with E-state index in [4.69, 9.17) is 19.8 Å². The maximum atomic E-state index is 8.36. The Labute approximate surface area is 73.2 Å². The lowest BCUT2D eigenvalue weighted by Gasteiger charge is -1.34. The summed E-state index contributed by atoms with van der Waals surface area (Å²) in [5.74, 6) is 0. The van der Waals surface area contributed by atoms with Gasteiger partial charge >= 0.3 is 0 Å². The van der Waals surface area contributed by atoms with Gasteiger partial charge in [-0.2, -0.15) is 0 Å². The highest BCUT2D eigenvalue weighted by atomic mass is 16.3. The molecule has 0 rings (SSSR count). The van der Waals surface area contributed by atoms with Gasteiger partial charge in [0.15, 0.2) is 0 Å². The van der Waals surface area contributed by atoms with Crippen LogP contribution in [0, 0.1) is 0 Å². The first-order valence-electron chi connectivity index (χ1n) is 2.49. The average molecular weight is 176 g/mol. The van der Waals surface area contributed by atoms with E-state index in [1.807, 2.05) is 0 Å². The summed E-state index contributed by atoms with van der Waals surface area (Å²) in [5, 5.41) is 13.8. The SMILES string of the molecule is C=C.C=C.C=C.O=CO.O=CO. The second-order valence-electron chi connectivity index (χ2n) is 0.211. The van der Waals surface area contributed by atoms with E-state index < -0.39 is 0 Å². The van der Waals surface area contributed by atoms with Crippen molar-refractivity contribution in [3.05, 3.63) is 39.5 Å². The molecule has 2 N–H and O–H groups in total. The smallest absolute Gasteiger partial charge is 0.290 e. The van der Waals surface area contributed by atoms with Gasteiger partial charge in [-0.15, -0.1) is 39.5 Å². The fourth-order valence-corrected chi connectivity index (χ4v) is 0. The normalized spacial score (nSPS) is 3.00. The van der Waals surface area contributed by atoms with Crippen molar-refractivity contribution in [1.82, 2.24) is 0 Å². The quantitative estimate of drug-likeness (QED) is 0.436. The van der Waals surface area contributed by atoms with Crippen LogP contribution in [0.3, 0.4) is 0 Å². The summed E-state index contributed by atoms with van der Waals surface area (Å²) in [4.78, 5) is 16.7. The zero-order valence-corrected chi connectivity index (χ0v) is 7.11. The molecule has 12 heavy (non-hydrogen) atoms. The summed E-state index contributed by atoms with van der Waals surface area (Å²) in [6.45, 7) is 17.5. The third-order valence-electron chi connectivity index (χ3n) is 0. The van der Waals surface area contributed by atoms with E-state index in [-0.39, 0.29) is 12.9 Å². The van der Waals surface area contributed by atoms with E-state index in [2.05, 4.69) is 39.5 Å². The molecular formula is C8H16O4. The van der Waals surface area contributed by atoms with Crippen LogP contribution in [0.4, 0.5) is 0 Å². The minimum Gasteiger partial charge on any atom is -0.483 e. The molecule has 4 heteroatoms. The third-order valence-corrected chi connectivity index (χ3v) is 0. The largest absolute Gasteiger partial charge is 0.483 e. The van der Waals surface area contributed by atoms with Crippen LogP contribution in [0.5, 0.6) is 0 Å². The summed E-state index contributed by atoms with van der Waals surface area (Å²) >= 11 is 0. The Bertz CT molecular complexity index is 53.3. The topological polar surface area (TPSA) is 74.6 Å². The van der Waals surface area contributed by atoms with Crippen LogP contribution in [0.25, 0.3) is 0 Å². The molecule has 0 fully saturated rings. The molecule has 0 unspecified atom stereocenters. The van der Waals surface area contributed by atoms with Crippen molar-refractivity contribution in [1.29, 1.82) is 0 Å². The first-order valence-corrected chi connectivity index (χ1v) is 2.49. The van der Waals surface area contributed by atoms with E-state index in [0.29, 0.717) is 0 Å². The molecule has 0 saturated heterocycles. The van der Waals surface area contributed by atoms with Crippen molar-refractivity contribution in [2.45, 2.75) is 0 Å². The van der Waals surface area contributed by atoms with Crippen LogP contribution in [-0.4, -0.2) is 23.2 Å². The average Bonchev–Trinajstić information content (AvgIpc) is 2.16. The second-order valence-corrected chi connectivity index (χ2v) is 0.211. The van der Waals surface area contributed by atoms with Gasteiger partial charge in [0, 0.05) is 0 Å². The molecule has 72 valence electrons. The number of hydrogen-bond donors (Lipinski definition) is 2. The molecule has 4 nitrogen and oxygen atoms in total. The minimum atomic E-state index is -0.250. The van der Waals surface area contributed by atoms with Crippen molar-refractivity contribution >= 4 is 12.9 Å². The molecule has 0 amide bonds. The van der Waals surface area contributed by atoms with Crippen LogP contribution >= 0.6 is 0 Å². The first kappa shape index (κ1) is 32.0. The van der Waals surface area contributed by atoms with Crippen molar-refractivity contribution in [2.75, 3.05) is 0 Å². The monoisotopic (exact) mass is 176 g/mol. The van der Waals surface area contributed by atoms with Crippen LogP contribution in [-0.2, 0) is 9.59 Å². The Balaban J connectivity index is -0.0000000174. The number of rotatable bonds is 0. The molecule has 0 aromatic heterocycles. The number of hydrogen-bond acceptors (Lipinski definition) is 2. The lowest BCUT2D eigenvalue weighted by molar-refractivity contribution is -0.123. The molecule has 0 saturated carbocycles. The molecule has 0 aliphatic heterocycles. The van der Waals surface area contributed by atoms with E-state index in [1.54, 1.807) is 0 Å². The van der Waals surface area contributed by atoms with Gasteiger partial charge in [0.1, 0.15) is 0 Å². The Kier molecular flexibility index (Phi) is 63600. The summed E-state index contributed by atoms with van der Waals surface area (Å²) in [6, 6.07) is 0. The van der Waals surface area contributed by atoms with Gasteiger partial charge in [-0.05, 0) is 0 Å². The van der Waals surface area contributed by atoms with Crippen molar-refractivity contribution in [3.63, 3.8) is 0 Å². The van der Waals surface area contributed by atoms with E-state index in [1.165, 1.54) is 0 Å². The fourth-order valence-electron chi connectivity index (χ4n) is 0. The summed E-state index contributed by atoms with van der Waals surface area (Å²) in [7, 11) is 0. The predicted molar refractivity (Wildman–Crippen MR) is 51.1 cm³/mol. The van der Waals surface area contributed by atoms with Crippen molar-refractivity contribution in [3.8, 4) is 0 Å². The lowest BCUT2D eigenvalue weighted by atomic mass is 11.3. The first-order chi connectivity index (χ1) is 5.83. The highest BCUT2D eigenvalue weighted by Crippen LogP contribution is 0.969. The Hall–Kier alpha value is -1.84. The number of carboxylic acid groups (broad SMARTS) is 2. The molecule has 0 bridgehead atoms. The van der Waals surface area contributed by atoms with E-state index in [9.17, 15) is 0 Å². The van der Waals surface area contributed by atoms with Crippen LogP contribution in [0.15, 0.2) is 39.5 Å². The van der Waals surface area contributed by atoms with Gasteiger partial charge in [0.2, 0.25) is 0 Å². The van der Waals surface area contributed by atoms with Gasteiger partial charge in [-0.1, -0.05) is 0 Å².